The number of unbranched alkanes of at least 4 members (excludes halogenated alkanes) is 12. The van der Waals surface area contributed by atoms with Gasteiger partial charge in [-0.2, -0.15) is 0 Å². The van der Waals surface area contributed by atoms with Crippen molar-refractivity contribution in [3.63, 3.8) is 0 Å². The minimum atomic E-state index is 0. The largest absolute Gasteiger partial charge is 0.358 e. The fourth-order valence-corrected chi connectivity index (χ4v) is 12.2. The first-order valence-corrected chi connectivity index (χ1v) is 24.4. The third-order valence-corrected chi connectivity index (χ3v) is 14.8. The zero-order valence-corrected chi connectivity index (χ0v) is 39.7. The molecule has 2 aliphatic carbocycles. The van der Waals surface area contributed by atoms with Crippen molar-refractivity contribution in [1.29, 1.82) is 0 Å². The first kappa shape index (κ1) is 47.4. The number of nitrogens with zero attached hydrogens (tertiary/aromatic N) is 1. The molecule has 0 spiro atoms. The molecule has 0 aliphatic heterocycles. The Hall–Kier alpha value is -0.985. The Balaban J connectivity index is 0.000000267. The van der Waals surface area contributed by atoms with Gasteiger partial charge in [0.2, 0.25) is 0 Å². The molecule has 2 aromatic carbocycles. The molecule has 54 heavy (non-hydrogen) atoms. The number of fused-ring (bicyclic) bond motifs is 6. The van der Waals surface area contributed by atoms with E-state index in [1.165, 1.54) is 153 Å². The Labute approximate surface area is 362 Å². The Kier molecular flexibility index (Phi) is 21.7. The first-order chi connectivity index (χ1) is 25.9. The van der Waals surface area contributed by atoms with Gasteiger partial charge in [0.25, 0.3) is 0 Å². The maximum absolute atomic E-state index is 4.34. The van der Waals surface area contributed by atoms with Crippen molar-refractivity contribution in [2.75, 3.05) is 0 Å². The molecule has 0 saturated carbocycles. The summed E-state index contributed by atoms with van der Waals surface area (Å²) in [5, 5.41) is 2.31. The minimum Gasteiger partial charge on any atom is -0.358 e. The van der Waals surface area contributed by atoms with Gasteiger partial charge in [-0.05, 0) is 105 Å². The molecular weight excluding hydrogens is 845 g/mol. The summed E-state index contributed by atoms with van der Waals surface area (Å²) in [6.45, 7) is 9.22. The van der Waals surface area contributed by atoms with Crippen LogP contribution in [0.3, 0.4) is 0 Å². The van der Waals surface area contributed by atoms with Crippen LogP contribution in [0.1, 0.15) is 178 Å². The van der Waals surface area contributed by atoms with Crippen molar-refractivity contribution in [2.24, 2.45) is 4.30 Å². The van der Waals surface area contributed by atoms with Gasteiger partial charge in [0.05, 0.1) is 3.79 Å². The molecule has 1 nitrogen and oxygen atoms in total. The van der Waals surface area contributed by atoms with E-state index in [2.05, 4.69) is 144 Å². The molecular formula is C47H66BBr2NS3-. The Morgan fingerprint density at radius 3 is 1.57 bits per heavy atom. The van der Waals surface area contributed by atoms with Crippen LogP contribution in [0.4, 0.5) is 0 Å². The standard InChI is InChI=1S/C23H30Br2S.C23H32S.CH3.BHNS/c1-3-5-7-9-13-23(14-10-8-6-4-2)19-15-17(24)11-12-18(19)22-20(23)16-21(25)26-22;1-3-5-7-11-16-23(17-12-8-6-4-2)20-14-10-9-13-19(20)22-21(23)15-18-24-22;;1-2-3/h11-12,15-16H,3-10,13-14H2,1-2H3;9-10,13-15,18H,3-8,11-12,16-17H2,1-2H3;1H3;3H/q;;-1;. The molecule has 0 fully saturated rings. The quantitative estimate of drug-likeness (QED) is 0.0393. The van der Waals surface area contributed by atoms with Crippen molar-refractivity contribution < 1.29 is 0 Å². The van der Waals surface area contributed by atoms with E-state index in [-0.39, 0.29) is 12.8 Å². The van der Waals surface area contributed by atoms with E-state index in [0.29, 0.717) is 5.41 Å². The van der Waals surface area contributed by atoms with Gasteiger partial charge < -0.3 is 7.43 Å². The summed E-state index contributed by atoms with van der Waals surface area (Å²) in [6.07, 6.45) is 26.9. The molecule has 2 aromatic heterocycles. The van der Waals surface area contributed by atoms with E-state index in [9.17, 15) is 0 Å². The summed E-state index contributed by atoms with van der Waals surface area (Å²) in [5.74, 6) is 0. The van der Waals surface area contributed by atoms with Crippen LogP contribution >= 0.6 is 67.3 Å². The predicted octanol–water partition coefficient (Wildman–Crippen LogP) is 18.1. The third-order valence-electron chi connectivity index (χ3n) is 11.7. The Morgan fingerprint density at radius 2 is 1.06 bits per heavy atom. The normalized spacial score (nSPS) is 13.7. The summed E-state index contributed by atoms with van der Waals surface area (Å²) in [6, 6.07) is 21.0. The smallest absolute Gasteiger partial charge is 0.358 e. The summed E-state index contributed by atoms with van der Waals surface area (Å²) < 4.78 is 5.19. The van der Waals surface area contributed by atoms with Gasteiger partial charge in [-0.15, -0.1) is 22.7 Å². The molecule has 1 radical (unpaired) electrons. The van der Waals surface area contributed by atoms with Crippen molar-refractivity contribution in [1.82, 2.24) is 0 Å². The second-order valence-electron chi connectivity index (χ2n) is 15.2. The molecule has 7 heteroatoms. The fraction of sp³-hybridized carbons (Fsp3) is 0.553. The molecule has 0 bridgehead atoms. The summed E-state index contributed by atoms with van der Waals surface area (Å²) in [7, 11) is 4.34. The molecule has 4 aromatic rings. The maximum atomic E-state index is 4.34. The molecule has 2 aliphatic rings. The summed E-state index contributed by atoms with van der Waals surface area (Å²) in [5.41, 5.74) is 9.95. The number of rotatable bonds is 20. The number of benzene rings is 2. The number of hydrogen-bond donors (Lipinski definition) is 1. The summed E-state index contributed by atoms with van der Waals surface area (Å²) in [4.78, 5) is 3.06. The number of hydrogen-bond acceptors (Lipinski definition) is 4. The van der Waals surface area contributed by atoms with Crippen LogP contribution in [0.15, 0.2) is 72.5 Å². The number of thiol groups is 1. The summed E-state index contributed by atoms with van der Waals surface area (Å²) >= 11 is 14.6. The first-order valence-electron chi connectivity index (χ1n) is 20.7. The van der Waals surface area contributed by atoms with Gasteiger partial charge >= 0.3 is 24.8 Å². The van der Waals surface area contributed by atoms with Crippen molar-refractivity contribution in [2.45, 2.75) is 167 Å². The van der Waals surface area contributed by atoms with Gasteiger partial charge in [-0.3, -0.25) is 0 Å². The monoisotopic (exact) mass is 909 g/mol. The van der Waals surface area contributed by atoms with Crippen LogP contribution in [0.25, 0.3) is 20.9 Å². The van der Waals surface area contributed by atoms with Crippen LogP contribution in [0.2, 0.25) is 0 Å². The molecule has 0 amide bonds. The maximum Gasteiger partial charge on any atom is -0.358 e. The Morgan fingerprint density at radius 1 is 0.574 bits per heavy atom. The van der Waals surface area contributed by atoms with E-state index < -0.39 is 0 Å². The molecule has 6 rings (SSSR count). The van der Waals surface area contributed by atoms with Crippen molar-refractivity contribution in [3.05, 3.63) is 97.9 Å². The third kappa shape index (κ3) is 11.6. The zero-order chi connectivity index (χ0) is 38.1. The Bertz CT molecular complexity index is 1650. The van der Waals surface area contributed by atoms with Gasteiger partial charge in [0.15, 0.2) is 0 Å². The van der Waals surface area contributed by atoms with Gasteiger partial charge in [0, 0.05) is 25.1 Å². The predicted molar refractivity (Wildman–Crippen MR) is 255 cm³/mol. The van der Waals surface area contributed by atoms with E-state index in [1.807, 2.05) is 22.7 Å². The van der Waals surface area contributed by atoms with Crippen LogP contribution in [0.5, 0.6) is 0 Å². The van der Waals surface area contributed by atoms with Gasteiger partial charge in [-0.1, -0.05) is 177 Å². The van der Waals surface area contributed by atoms with E-state index in [1.54, 1.807) is 27.1 Å². The van der Waals surface area contributed by atoms with Crippen LogP contribution in [-0.4, -0.2) is 7.64 Å². The number of thiophene rings is 2. The SMILES string of the molecule is CCCCCCC1(CCCCCC)c2cc(Br)ccc2-c2sc(Br)cc21.CCCCCCC1(CCCCCC)c2ccccc2-c2sccc21.[B]=NS.[CH3-]. The van der Waals surface area contributed by atoms with Crippen molar-refractivity contribution in [3.8, 4) is 20.9 Å². The number of halogens is 2. The molecule has 0 unspecified atom stereocenters. The second-order valence-corrected chi connectivity index (χ2v) is 19.7. The molecule has 0 saturated heterocycles. The minimum absolute atomic E-state index is 0. The molecule has 295 valence electrons. The van der Waals surface area contributed by atoms with Gasteiger partial charge in [-0.25, -0.2) is 0 Å². The topological polar surface area (TPSA) is 12.4 Å². The fourth-order valence-electron chi connectivity index (χ4n) is 9.05. The van der Waals surface area contributed by atoms with Crippen molar-refractivity contribution >= 4 is 75.0 Å². The van der Waals surface area contributed by atoms with Gasteiger partial charge in [0.1, 0.15) is 0 Å². The van der Waals surface area contributed by atoms with E-state index >= 15 is 0 Å². The van der Waals surface area contributed by atoms with E-state index in [0.717, 1.165) is 0 Å². The molecule has 0 atom stereocenters. The van der Waals surface area contributed by atoms with E-state index in [4.69, 9.17) is 0 Å². The second kappa shape index (κ2) is 24.7. The molecule has 2 heterocycles. The average molecular weight is 912 g/mol. The molecule has 0 N–H and O–H groups in total. The van der Waals surface area contributed by atoms with Crippen LogP contribution < -0.4 is 0 Å². The van der Waals surface area contributed by atoms with Crippen LogP contribution in [0, 0.1) is 7.43 Å². The zero-order valence-electron chi connectivity index (χ0n) is 34.0. The van der Waals surface area contributed by atoms with Crippen LogP contribution in [-0.2, 0) is 10.8 Å². The average Bonchev–Trinajstić information content (AvgIpc) is 3.91.